The van der Waals surface area contributed by atoms with Gasteiger partial charge >= 0.3 is 5.97 Å². The Morgan fingerprint density at radius 2 is 1.79 bits per heavy atom. The standard InChI is InChI=1S/C20H16ClFN2O4S/c21-15-5-7-17(8-6-15)29(27,28)24(13-16-3-1-2-10-23-16)12-14-4-9-18(20(25)26)19(22)11-14/h1-11H,12-13H2,(H,25,26). The molecule has 0 atom stereocenters. The van der Waals surface area contributed by atoms with Crippen LogP contribution in [0.25, 0.3) is 0 Å². The lowest BCUT2D eigenvalue weighted by Crippen LogP contribution is -2.30. The molecular weight excluding hydrogens is 419 g/mol. The lowest BCUT2D eigenvalue weighted by Gasteiger charge is -2.22. The summed E-state index contributed by atoms with van der Waals surface area (Å²) in [5.74, 6) is -2.33. The molecule has 1 aromatic heterocycles. The first-order valence-corrected chi connectivity index (χ1v) is 10.3. The predicted octanol–water partition coefficient (Wildman–Crippen LogP) is 3.96. The second kappa shape index (κ2) is 8.69. The van der Waals surface area contributed by atoms with E-state index in [1.807, 2.05) is 0 Å². The number of hydrogen-bond donors (Lipinski definition) is 1. The first kappa shape index (κ1) is 20.9. The average Bonchev–Trinajstić information content (AvgIpc) is 2.68. The molecule has 3 aromatic rings. The molecule has 0 amide bonds. The van der Waals surface area contributed by atoms with Crippen molar-refractivity contribution in [2.75, 3.05) is 0 Å². The number of carboxylic acids is 1. The van der Waals surface area contributed by atoms with E-state index in [1.54, 1.807) is 24.4 Å². The molecule has 0 aliphatic rings. The number of aromatic nitrogens is 1. The molecule has 29 heavy (non-hydrogen) atoms. The van der Waals surface area contributed by atoms with Crippen molar-refractivity contribution in [3.8, 4) is 0 Å². The molecule has 0 radical (unpaired) electrons. The van der Waals surface area contributed by atoms with Crippen LogP contribution in [-0.4, -0.2) is 28.8 Å². The van der Waals surface area contributed by atoms with Gasteiger partial charge in [-0.3, -0.25) is 4.98 Å². The maximum Gasteiger partial charge on any atom is 0.338 e. The summed E-state index contributed by atoms with van der Waals surface area (Å²) in [5.41, 5.74) is 0.333. The topological polar surface area (TPSA) is 87.6 Å². The molecule has 0 spiro atoms. The van der Waals surface area contributed by atoms with Crippen LogP contribution in [-0.2, 0) is 23.1 Å². The highest BCUT2D eigenvalue weighted by atomic mass is 35.5. The molecule has 0 saturated carbocycles. The maximum absolute atomic E-state index is 14.1. The SMILES string of the molecule is O=C(O)c1ccc(CN(Cc2ccccn2)S(=O)(=O)c2ccc(Cl)cc2)cc1F. The molecular formula is C20H16ClFN2O4S. The summed E-state index contributed by atoms with van der Waals surface area (Å²) in [7, 11) is -3.96. The minimum atomic E-state index is -3.96. The lowest BCUT2D eigenvalue weighted by molar-refractivity contribution is 0.0692. The van der Waals surface area contributed by atoms with Crippen molar-refractivity contribution in [1.82, 2.24) is 9.29 Å². The van der Waals surface area contributed by atoms with Gasteiger partial charge in [-0.25, -0.2) is 17.6 Å². The number of carboxylic acid groups (broad SMARTS) is 1. The molecule has 0 fully saturated rings. The van der Waals surface area contributed by atoms with Crippen LogP contribution < -0.4 is 0 Å². The summed E-state index contributed by atoms with van der Waals surface area (Å²) in [6, 6.07) is 14.3. The van der Waals surface area contributed by atoms with Gasteiger partial charge in [-0.2, -0.15) is 4.31 Å². The Morgan fingerprint density at radius 3 is 2.38 bits per heavy atom. The van der Waals surface area contributed by atoms with E-state index in [2.05, 4.69) is 4.98 Å². The normalized spacial score (nSPS) is 11.6. The zero-order valence-electron chi connectivity index (χ0n) is 15.0. The summed E-state index contributed by atoms with van der Waals surface area (Å²) in [6.07, 6.45) is 1.55. The van der Waals surface area contributed by atoms with Gasteiger partial charge in [0, 0.05) is 17.8 Å². The Kier molecular flexibility index (Phi) is 6.26. The number of carbonyl (C=O) groups is 1. The van der Waals surface area contributed by atoms with Crippen LogP contribution in [0, 0.1) is 5.82 Å². The fourth-order valence-electron chi connectivity index (χ4n) is 2.69. The number of hydrogen-bond acceptors (Lipinski definition) is 4. The molecule has 0 saturated heterocycles. The fraction of sp³-hybridized carbons (Fsp3) is 0.100. The third-order valence-corrected chi connectivity index (χ3v) is 6.20. The summed E-state index contributed by atoms with van der Waals surface area (Å²) in [6.45, 7) is -0.216. The Morgan fingerprint density at radius 1 is 1.07 bits per heavy atom. The van der Waals surface area contributed by atoms with Gasteiger partial charge in [0.05, 0.1) is 22.7 Å². The van der Waals surface area contributed by atoms with Crippen molar-refractivity contribution < 1.29 is 22.7 Å². The van der Waals surface area contributed by atoms with E-state index in [4.69, 9.17) is 16.7 Å². The third-order valence-electron chi connectivity index (χ3n) is 4.14. The van der Waals surface area contributed by atoms with Crippen LogP contribution in [0.4, 0.5) is 4.39 Å². The van der Waals surface area contributed by atoms with Crippen LogP contribution in [0.1, 0.15) is 21.6 Å². The second-order valence-electron chi connectivity index (χ2n) is 6.17. The summed E-state index contributed by atoms with van der Waals surface area (Å²) < 4.78 is 41.6. The number of pyridine rings is 1. The Hall–Kier alpha value is -2.81. The second-order valence-corrected chi connectivity index (χ2v) is 8.54. The van der Waals surface area contributed by atoms with E-state index in [9.17, 15) is 17.6 Å². The van der Waals surface area contributed by atoms with Crippen molar-refractivity contribution in [2.24, 2.45) is 0 Å². The predicted molar refractivity (Wildman–Crippen MR) is 105 cm³/mol. The smallest absolute Gasteiger partial charge is 0.338 e. The van der Waals surface area contributed by atoms with Crippen molar-refractivity contribution in [3.63, 3.8) is 0 Å². The van der Waals surface area contributed by atoms with Gasteiger partial charge in [0.15, 0.2) is 0 Å². The van der Waals surface area contributed by atoms with Crippen molar-refractivity contribution in [1.29, 1.82) is 0 Å². The Labute approximate surface area is 172 Å². The summed E-state index contributed by atoms with van der Waals surface area (Å²) in [4.78, 5) is 15.2. The number of sulfonamides is 1. The van der Waals surface area contributed by atoms with Crippen molar-refractivity contribution in [3.05, 3.63) is 94.5 Å². The van der Waals surface area contributed by atoms with Crippen molar-refractivity contribution >= 4 is 27.6 Å². The first-order chi connectivity index (χ1) is 13.8. The van der Waals surface area contributed by atoms with Gasteiger partial charge in [0.1, 0.15) is 5.82 Å². The van der Waals surface area contributed by atoms with Crippen LogP contribution in [0.2, 0.25) is 5.02 Å². The molecule has 1 N–H and O–H groups in total. The molecule has 0 unspecified atom stereocenters. The number of aromatic carboxylic acids is 1. The number of halogens is 2. The largest absolute Gasteiger partial charge is 0.478 e. The van der Waals surface area contributed by atoms with E-state index in [0.29, 0.717) is 16.3 Å². The van der Waals surface area contributed by atoms with E-state index >= 15 is 0 Å². The minimum absolute atomic E-state index is 0.0282. The van der Waals surface area contributed by atoms with Gasteiger partial charge in [-0.15, -0.1) is 0 Å². The molecule has 2 aromatic carbocycles. The van der Waals surface area contributed by atoms with E-state index in [-0.39, 0.29) is 18.0 Å². The third kappa shape index (κ3) is 4.97. The average molecular weight is 435 g/mol. The van der Waals surface area contributed by atoms with E-state index < -0.39 is 27.4 Å². The fourth-order valence-corrected chi connectivity index (χ4v) is 4.21. The number of rotatable bonds is 7. The highest BCUT2D eigenvalue weighted by Gasteiger charge is 2.26. The Balaban J connectivity index is 1.98. The van der Waals surface area contributed by atoms with Gasteiger partial charge in [-0.05, 0) is 54.1 Å². The maximum atomic E-state index is 14.1. The molecule has 0 aliphatic carbocycles. The Bertz CT molecular complexity index is 1120. The highest BCUT2D eigenvalue weighted by molar-refractivity contribution is 7.89. The molecule has 9 heteroatoms. The first-order valence-electron chi connectivity index (χ1n) is 8.45. The summed E-state index contributed by atoms with van der Waals surface area (Å²) >= 11 is 5.85. The quantitative estimate of drug-likeness (QED) is 0.608. The van der Waals surface area contributed by atoms with E-state index in [1.165, 1.54) is 30.3 Å². The molecule has 3 rings (SSSR count). The van der Waals surface area contributed by atoms with Crippen LogP contribution in [0.3, 0.4) is 0 Å². The number of benzene rings is 2. The van der Waals surface area contributed by atoms with Gasteiger partial charge < -0.3 is 5.11 Å². The number of nitrogens with zero attached hydrogens (tertiary/aromatic N) is 2. The van der Waals surface area contributed by atoms with Crippen LogP contribution >= 0.6 is 11.6 Å². The molecule has 1 heterocycles. The van der Waals surface area contributed by atoms with Gasteiger partial charge in [-0.1, -0.05) is 23.7 Å². The van der Waals surface area contributed by atoms with Crippen molar-refractivity contribution in [2.45, 2.75) is 18.0 Å². The highest BCUT2D eigenvalue weighted by Crippen LogP contribution is 2.23. The molecule has 0 bridgehead atoms. The molecule has 0 aliphatic heterocycles. The zero-order chi connectivity index (χ0) is 21.0. The minimum Gasteiger partial charge on any atom is -0.478 e. The van der Waals surface area contributed by atoms with Crippen LogP contribution in [0.5, 0.6) is 0 Å². The zero-order valence-corrected chi connectivity index (χ0v) is 16.6. The van der Waals surface area contributed by atoms with Gasteiger partial charge in [0.25, 0.3) is 0 Å². The monoisotopic (exact) mass is 434 g/mol. The summed E-state index contributed by atoms with van der Waals surface area (Å²) in [5, 5.41) is 9.36. The molecule has 150 valence electrons. The lowest BCUT2D eigenvalue weighted by atomic mass is 10.1. The van der Waals surface area contributed by atoms with Gasteiger partial charge in [0.2, 0.25) is 10.0 Å². The van der Waals surface area contributed by atoms with E-state index in [0.717, 1.165) is 16.4 Å². The molecule has 6 nitrogen and oxygen atoms in total. The van der Waals surface area contributed by atoms with Crippen LogP contribution in [0.15, 0.2) is 71.8 Å².